The number of nitrogens with zero attached hydrogens (tertiary/aromatic N) is 1. The molecule has 0 aromatic rings. The molecule has 1 saturated heterocycles. The van der Waals surface area contributed by atoms with Crippen LogP contribution in [0.3, 0.4) is 0 Å². The van der Waals surface area contributed by atoms with Crippen molar-refractivity contribution in [3.8, 4) is 0 Å². The van der Waals surface area contributed by atoms with Crippen LogP contribution in [0.25, 0.3) is 0 Å². The molecule has 1 saturated carbocycles. The van der Waals surface area contributed by atoms with Crippen molar-refractivity contribution in [3.63, 3.8) is 0 Å². The van der Waals surface area contributed by atoms with Gasteiger partial charge in [0.05, 0.1) is 13.2 Å². The van der Waals surface area contributed by atoms with Gasteiger partial charge < -0.3 is 14.8 Å². The summed E-state index contributed by atoms with van der Waals surface area (Å²) in [4.78, 5) is 2.62. The molecule has 0 amide bonds. The lowest BCUT2D eigenvalue weighted by Gasteiger charge is -2.41. The van der Waals surface area contributed by atoms with Crippen LogP contribution in [0.1, 0.15) is 25.7 Å². The average molecular weight is 256 g/mol. The van der Waals surface area contributed by atoms with Gasteiger partial charge in [-0.2, -0.15) is 0 Å². The lowest BCUT2D eigenvalue weighted by atomic mass is 9.81. The summed E-state index contributed by atoms with van der Waals surface area (Å²) in [7, 11) is 3.84. The molecule has 0 spiro atoms. The van der Waals surface area contributed by atoms with E-state index in [0.717, 1.165) is 45.5 Å². The van der Waals surface area contributed by atoms with Crippen molar-refractivity contribution >= 4 is 0 Å². The first kappa shape index (κ1) is 14.3. The van der Waals surface area contributed by atoms with Crippen LogP contribution in [0.5, 0.6) is 0 Å². The van der Waals surface area contributed by atoms with Crippen LogP contribution in [-0.2, 0) is 9.47 Å². The summed E-state index contributed by atoms with van der Waals surface area (Å²) in [6.45, 7) is 5.96. The molecular weight excluding hydrogens is 228 g/mol. The standard InChI is InChI=1S/C14H28N2O2/c1-15-10-14(6-3-8-18-12-14)11-16(7-9-17-2)13-4-5-13/h13,15H,3-12H2,1-2H3. The number of rotatable bonds is 8. The number of hydrogen-bond acceptors (Lipinski definition) is 4. The first-order valence-corrected chi connectivity index (χ1v) is 7.25. The van der Waals surface area contributed by atoms with E-state index >= 15 is 0 Å². The number of nitrogens with one attached hydrogen (secondary N) is 1. The van der Waals surface area contributed by atoms with Gasteiger partial charge in [0, 0.05) is 44.8 Å². The van der Waals surface area contributed by atoms with E-state index in [1.807, 2.05) is 7.05 Å². The Bertz CT molecular complexity index is 232. The zero-order valence-corrected chi connectivity index (χ0v) is 11.9. The molecule has 106 valence electrons. The zero-order valence-electron chi connectivity index (χ0n) is 11.9. The van der Waals surface area contributed by atoms with Gasteiger partial charge in [0.1, 0.15) is 0 Å². The van der Waals surface area contributed by atoms with Crippen LogP contribution in [-0.4, -0.2) is 64.6 Å². The molecule has 0 aromatic carbocycles. The topological polar surface area (TPSA) is 33.7 Å². The van der Waals surface area contributed by atoms with Crippen molar-refractivity contribution in [2.45, 2.75) is 31.7 Å². The van der Waals surface area contributed by atoms with Crippen molar-refractivity contribution in [1.29, 1.82) is 0 Å². The van der Waals surface area contributed by atoms with E-state index < -0.39 is 0 Å². The minimum Gasteiger partial charge on any atom is -0.383 e. The summed E-state index contributed by atoms with van der Waals surface area (Å²) in [6.07, 6.45) is 5.20. The molecule has 1 unspecified atom stereocenters. The lowest BCUT2D eigenvalue weighted by Crippen LogP contribution is -2.49. The number of hydrogen-bond donors (Lipinski definition) is 1. The molecule has 2 rings (SSSR count). The van der Waals surface area contributed by atoms with Crippen molar-refractivity contribution in [2.75, 3.05) is 53.6 Å². The molecule has 1 N–H and O–H groups in total. The quantitative estimate of drug-likeness (QED) is 0.705. The van der Waals surface area contributed by atoms with Gasteiger partial charge in [0.15, 0.2) is 0 Å². The van der Waals surface area contributed by atoms with Crippen molar-refractivity contribution in [2.24, 2.45) is 5.41 Å². The highest BCUT2D eigenvalue weighted by Gasteiger charge is 2.38. The molecule has 0 radical (unpaired) electrons. The van der Waals surface area contributed by atoms with Crippen LogP contribution in [0.2, 0.25) is 0 Å². The highest BCUT2D eigenvalue weighted by molar-refractivity contribution is 4.92. The van der Waals surface area contributed by atoms with E-state index in [-0.39, 0.29) is 0 Å². The summed E-state index contributed by atoms with van der Waals surface area (Å²) in [5.41, 5.74) is 0.309. The molecule has 18 heavy (non-hydrogen) atoms. The maximum atomic E-state index is 5.75. The van der Waals surface area contributed by atoms with Crippen molar-refractivity contribution in [3.05, 3.63) is 0 Å². The van der Waals surface area contributed by atoms with Gasteiger partial charge in [-0.3, -0.25) is 4.90 Å². The maximum absolute atomic E-state index is 5.75. The average Bonchev–Trinajstić information content (AvgIpc) is 3.20. The minimum atomic E-state index is 0.309. The Hall–Kier alpha value is -0.160. The van der Waals surface area contributed by atoms with E-state index in [4.69, 9.17) is 9.47 Å². The fourth-order valence-corrected chi connectivity index (χ4v) is 3.07. The molecule has 1 heterocycles. The Morgan fingerprint density at radius 2 is 2.28 bits per heavy atom. The van der Waals surface area contributed by atoms with Crippen LogP contribution in [0.4, 0.5) is 0 Å². The monoisotopic (exact) mass is 256 g/mol. The number of methoxy groups -OCH3 is 1. The molecular formula is C14H28N2O2. The molecule has 0 aromatic heterocycles. The normalized spacial score (nSPS) is 28.8. The Kier molecular flexibility index (Phi) is 5.42. The highest BCUT2D eigenvalue weighted by Crippen LogP contribution is 2.34. The Balaban J connectivity index is 1.91. The third-order valence-corrected chi connectivity index (χ3v) is 4.14. The minimum absolute atomic E-state index is 0.309. The largest absolute Gasteiger partial charge is 0.383 e. The summed E-state index contributed by atoms with van der Waals surface area (Å²) >= 11 is 0. The first-order valence-electron chi connectivity index (χ1n) is 7.25. The van der Waals surface area contributed by atoms with E-state index in [9.17, 15) is 0 Å². The van der Waals surface area contributed by atoms with E-state index in [0.29, 0.717) is 5.41 Å². The smallest absolute Gasteiger partial charge is 0.0589 e. The second kappa shape index (κ2) is 6.85. The predicted octanol–water partition coefficient (Wildman–Crippen LogP) is 1.11. The third kappa shape index (κ3) is 3.92. The summed E-state index contributed by atoms with van der Waals surface area (Å²) in [6, 6.07) is 0.802. The van der Waals surface area contributed by atoms with Crippen molar-refractivity contribution in [1.82, 2.24) is 10.2 Å². The van der Waals surface area contributed by atoms with Gasteiger partial charge in [-0.25, -0.2) is 0 Å². The Morgan fingerprint density at radius 3 is 2.83 bits per heavy atom. The molecule has 4 nitrogen and oxygen atoms in total. The van der Waals surface area contributed by atoms with E-state index in [1.165, 1.54) is 25.7 Å². The molecule has 2 aliphatic rings. The molecule has 4 heteroatoms. The summed E-state index contributed by atoms with van der Waals surface area (Å²) < 4.78 is 11.0. The lowest BCUT2D eigenvalue weighted by molar-refractivity contribution is -0.0295. The summed E-state index contributed by atoms with van der Waals surface area (Å²) in [5, 5.41) is 3.36. The zero-order chi connectivity index (χ0) is 12.8. The first-order chi connectivity index (χ1) is 8.79. The summed E-state index contributed by atoms with van der Waals surface area (Å²) in [5.74, 6) is 0. The van der Waals surface area contributed by atoms with E-state index in [2.05, 4.69) is 10.2 Å². The molecule has 2 fully saturated rings. The third-order valence-electron chi connectivity index (χ3n) is 4.14. The van der Waals surface area contributed by atoms with Gasteiger partial charge in [-0.1, -0.05) is 0 Å². The molecule has 1 aliphatic heterocycles. The van der Waals surface area contributed by atoms with Gasteiger partial charge in [0.25, 0.3) is 0 Å². The van der Waals surface area contributed by atoms with Crippen molar-refractivity contribution < 1.29 is 9.47 Å². The SMILES string of the molecule is CNCC1(CN(CCOC)C2CC2)CCCOC1. The van der Waals surface area contributed by atoms with Gasteiger partial charge in [-0.05, 0) is 32.7 Å². The fourth-order valence-electron chi connectivity index (χ4n) is 3.07. The maximum Gasteiger partial charge on any atom is 0.0589 e. The van der Waals surface area contributed by atoms with Gasteiger partial charge in [0.2, 0.25) is 0 Å². The van der Waals surface area contributed by atoms with Crippen LogP contribution >= 0.6 is 0 Å². The van der Waals surface area contributed by atoms with Gasteiger partial charge >= 0.3 is 0 Å². The Labute approximate surface area is 111 Å². The molecule has 1 aliphatic carbocycles. The Morgan fingerprint density at radius 1 is 1.44 bits per heavy atom. The second-order valence-electron chi connectivity index (χ2n) is 5.88. The predicted molar refractivity (Wildman–Crippen MR) is 72.9 cm³/mol. The second-order valence-corrected chi connectivity index (χ2v) is 5.88. The van der Waals surface area contributed by atoms with Gasteiger partial charge in [-0.15, -0.1) is 0 Å². The fraction of sp³-hybridized carbons (Fsp3) is 1.00. The van der Waals surface area contributed by atoms with Crippen LogP contribution < -0.4 is 5.32 Å². The number of ether oxygens (including phenoxy) is 2. The van der Waals surface area contributed by atoms with Crippen LogP contribution in [0.15, 0.2) is 0 Å². The van der Waals surface area contributed by atoms with Crippen LogP contribution in [0, 0.1) is 5.41 Å². The highest BCUT2D eigenvalue weighted by atomic mass is 16.5. The molecule has 1 atom stereocenters. The van der Waals surface area contributed by atoms with E-state index in [1.54, 1.807) is 7.11 Å². The molecule has 0 bridgehead atoms.